The number of nitrogens with zero attached hydrogens (tertiary/aromatic N) is 4. The molecule has 0 unspecified atom stereocenters. The molecule has 1 aliphatic rings. The topological polar surface area (TPSA) is 218 Å². The van der Waals surface area contributed by atoms with Crippen LogP contribution in [0, 0.1) is 0 Å². The van der Waals surface area contributed by atoms with Crippen LogP contribution in [0.1, 0.15) is 13.2 Å². The lowest BCUT2D eigenvalue weighted by atomic mass is 10.1. The Kier molecular flexibility index (Phi) is 5.46. The fourth-order valence-electron chi connectivity index (χ4n) is 2.56. The predicted molar refractivity (Wildman–Crippen MR) is 92.3 cm³/mol. The molecule has 15 heteroatoms. The highest BCUT2D eigenvalue weighted by atomic mass is 32.2. The molecule has 1 saturated heterocycles. The number of nitrogens with two attached hydrogens (primary N) is 2. The van der Waals surface area contributed by atoms with Crippen molar-refractivity contribution in [2.24, 2.45) is 5.73 Å². The van der Waals surface area contributed by atoms with E-state index in [9.17, 15) is 23.4 Å². The number of aliphatic hydroxyl groups excluding tert-OH is 2. The number of anilines is 1. The molecule has 1 aliphatic heterocycles. The third-order valence-corrected chi connectivity index (χ3v) is 4.92. The zero-order valence-electron chi connectivity index (χ0n) is 14.5. The Hall–Kier alpha value is -2.43. The van der Waals surface area contributed by atoms with Crippen LogP contribution in [0.2, 0.25) is 0 Å². The molecule has 1 amide bonds. The Morgan fingerprint density at radius 3 is 2.79 bits per heavy atom. The van der Waals surface area contributed by atoms with Gasteiger partial charge >= 0.3 is 10.3 Å². The lowest BCUT2D eigenvalue weighted by Crippen LogP contribution is -2.43. The van der Waals surface area contributed by atoms with E-state index >= 15 is 0 Å². The van der Waals surface area contributed by atoms with Gasteiger partial charge in [0.2, 0.25) is 0 Å². The molecular weight excluding hydrogens is 398 g/mol. The first kappa shape index (κ1) is 20.3. The summed E-state index contributed by atoms with van der Waals surface area (Å²) in [4.78, 5) is 23.2. The van der Waals surface area contributed by atoms with Crippen LogP contribution in [-0.4, -0.2) is 75.0 Å². The smallest absolute Gasteiger partial charge is 0.362 e. The van der Waals surface area contributed by atoms with Gasteiger partial charge in [0.05, 0.1) is 19.0 Å². The molecule has 154 valence electrons. The highest BCUT2D eigenvalue weighted by molar-refractivity contribution is 7.85. The van der Waals surface area contributed by atoms with E-state index in [4.69, 9.17) is 16.2 Å². The van der Waals surface area contributed by atoms with Gasteiger partial charge in [-0.3, -0.25) is 13.5 Å². The number of amides is 1. The number of ether oxygens (including phenoxy) is 1. The van der Waals surface area contributed by atoms with Crippen LogP contribution in [0.25, 0.3) is 11.2 Å². The van der Waals surface area contributed by atoms with Crippen LogP contribution in [0.4, 0.5) is 5.82 Å². The molecule has 0 spiro atoms. The summed E-state index contributed by atoms with van der Waals surface area (Å²) in [7, 11) is -4.47. The Morgan fingerprint density at radius 2 is 2.11 bits per heavy atom. The monoisotopic (exact) mass is 417 g/mol. The first-order valence-corrected chi connectivity index (χ1v) is 9.42. The molecule has 0 radical (unpaired) electrons. The van der Waals surface area contributed by atoms with Crippen LogP contribution in [0.15, 0.2) is 12.7 Å². The summed E-state index contributed by atoms with van der Waals surface area (Å²) < 4.78 is 36.6. The molecule has 2 aromatic rings. The molecule has 5 atom stereocenters. The van der Waals surface area contributed by atoms with Gasteiger partial charge in [0, 0.05) is 0 Å². The number of imidazole rings is 1. The van der Waals surface area contributed by atoms with Crippen LogP contribution in [0.5, 0.6) is 0 Å². The molecule has 3 heterocycles. The van der Waals surface area contributed by atoms with Gasteiger partial charge in [0.25, 0.3) is 5.91 Å². The number of carbonyl (C=O) groups excluding carboxylic acids is 1. The molecule has 1 fully saturated rings. The number of hydrogen-bond acceptors (Lipinski definition) is 12. The van der Waals surface area contributed by atoms with Crippen molar-refractivity contribution in [3.05, 3.63) is 12.7 Å². The minimum absolute atomic E-state index is 0.118. The Balaban J connectivity index is 1.72. The largest absolute Gasteiger partial charge is 0.387 e. The van der Waals surface area contributed by atoms with Gasteiger partial charge < -0.3 is 26.4 Å². The van der Waals surface area contributed by atoms with Gasteiger partial charge in [0.1, 0.15) is 30.2 Å². The maximum atomic E-state index is 11.8. The summed E-state index contributed by atoms with van der Waals surface area (Å²) in [6, 6.07) is -1.07. The summed E-state index contributed by atoms with van der Waals surface area (Å²) in [6.45, 7) is 0.626. The fraction of sp³-hybridized carbons (Fsp3) is 0.538. The average Bonchev–Trinajstić information content (AvgIpc) is 3.16. The van der Waals surface area contributed by atoms with Crippen LogP contribution in [-0.2, 0) is 24.0 Å². The second-order valence-corrected chi connectivity index (χ2v) is 7.47. The third-order valence-electron chi connectivity index (χ3n) is 4.03. The van der Waals surface area contributed by atoms with Crippen LogP contribution >= 0.6 is 0 Å². The van der Waals surface area contributed by atoms with Gasteiger partial charge in [-0.1, -0.05) is 0 Å². The normalized spacial score (nSPS) is 26.4. The number of nitrogens with one attached hydrogen (secondary N) is 1. The van der Waals surface area contributed by atoms with Crippen molar-refractivity contribution in [2.75, 3.05) is 12.3 Å². The minimum Gasteiger partial charge on any atom is -0.387 e. The van der Waals surface area contributed by atoms with Gasteiger partial charge in [-0.25, -0.2) is 19.7 Å². The lowest BCUT2D eigenvalue weighted by Gasteiger charge is -2.16. The highest BCUT2D eigenvalue weighted by Gasteiger charge is 2.45. The van der Waals surface area contributed by atoms with Gasteiger partial charge in [-0.05, 0) is 6.92 Å². The molecule has 28 heavy (non-hydrogen) atoms. The Morgan fingerprint density at radius 1 is 1.39 bits per heavy atom. The Bertz CT molecular complexity index is 979. The number of nitrogen functional groups attached to an aromatic ring is 1. The van der Waals surface area contributed by atoms with Crippen molar-refractivity contribution in [3.63, 3.8) is 0 Å². The second kappa shape index (κ2) is 7.53. The first-order chi connectivity index (χ1) is 13.1. The number of aliphatic hydroxyl groups is 2. The van der Waals surface area contributed by atoms with Gasteiger partial charge in [-0.15, -0.1) is 0 Å². The molecule has 2 aromatic heterocycles. The predicted octanol–water partition coefficient (Wildman–Crippen LogP) is -3.25. The highest BCUT2D eigenvalue weighted by Crippen LogP contribution is 2.32. The van der Waals surface area contributed by atoms with Crippen LogP contribution in [0.3, 0.4) is 0 Å². The van der Waals surface area contributed by atoms with E-state index in [0.717, 1.165) is 0 Å². The molecule has 3 rings (SSSR count). The standard InChI is InChI=1S/C13H19N7O7S/c1-5(14)12(23)19-28(24,25)26-2-6-8(21)9(22)13(27-6)20-4-18-7-10(15)16-3-17-11(7)20/h3-6,8-9,13,21-22H,2,14H2,1H3,(H,19,23)(H2,15,16,17)/t5-,6-,8-,9+,13+/m0/s1. The quantitative estimate of drug-likeness (QED) is 0.313. The van der Waals surface area contributed by atoms with Crippen molar-refractivity contribution in [2.45, 2.75) is 37.5 Å². The molecular formula is C13H19N7O7S. The second-order valence-electron chi connectivity index (χ2n) is 6.12. The molecule has 7 N–H and O–H groups in total. The minimum atomic E-state index is -4.47. The van der Waals surface area contributed by atoms with Crippen LogP contribution < -0.4 is 16.2 Å². The van der Waals surface area contributed by atoms with E-state index in [-0.39, 0.29) is 17.0 Å². The van der Waals surface area contributed by atoms with Crippen molar-refractivity contribution in [1.29, 1.82) is 0 Å². The summed E-state index contributed by atoms with van der Waals surface area (Å²) in [5.41, 5.74) is 11.5. The maximum Gasteiger partial charge on any atom is 0.362 e. The van der Waals surface area contributed by atoms with Crippen molar-refractivity contribution in [3.8, 4) is 0 Å². The van der Waals surface area contributed by atoms with E-state index < -0.39 is 53.4 Å². The van der Waals surface area contributed by atoms with Crippen molar-refractivity contribution >= 4 is 33.2 Å². The van der Waals surface area contributed by atoms with E-state index in [2.05, 4.69) is 19.1 Å². The summed E-state index contributed by atoms with van der Waals surface area (Å²) in [5.74, 6) is -0.847. The van der Waals surface area contributed by atoms with E-state index in [0.29, 0.717) is 0 Å². The average molecular weight is 417 g/mol. The van der Waals surface area contributed by atoms with E-state index in [1.807, 2.05) is 0 Å². The van der Waals surface area contributed by atoms with Crippen molar-refractivity contribution < 1.29 is 32.3 Å². The number of fused-ring (bicyclic) bond motifs is 1. The van der Waals surface area contributed by atoms with Gasteiger partial charge in [-0.2, -0.15) is 8.42 Å². The number of rotatable bonds is 6. The van der Waals surface area contributed by atoms with Gasteiger partial charge in [0.15, 0.2) is 17.7 Å². The molecule has 0 aliphatic carbocycles. The van der Waals surface area contributed by atoms with E-state index in [1.54, 1.807) is 4.72 Å². The summed E-state index contributed by atoms with van der Waals surface area (Å²) in [5, 5.41) is 20.5. The number of aromatic nitrogens is 4. The third kappa shape index (κ3) is 3.89. The SMILES string of the molecule is C[C@H](N)C(=O)NS(=O)(=O)OC[C@@H]1O[C@@H](n2cnc3c(N)ncnc32)[C@H](O)[C@H]1O. The van der Waals surface area contributed by atoms with Crippen molar-refractivity contribution in [1.82, 2.24) is 24.2 Å². The zero-order valence-corrected chi connectivity index (χ0v) is 15.4. The molecule has 14 nitrogen and oxygen atoms in total. The summed E-state index contributed by atoms with van der Waals surface area (Å²) in [6.07, 6.45) is -2.80. The lowest BCUT2D eigenvalue weighted by molar-refractivity contribution is -0.120. The molecule has 0 bridgehead atoms. The number of hydrogen-bond donors (Lipinski definition) is 5. The number of carbonyl (C=O) groups is 1. The fourth-order valence-corrected chi connectivity index (χ4v) is 3.36. The molecule has 0 aromatic carbocycles. The van der Waals surface area contributed by atoms with E-state index in [1.165, 1.54) is 24.1 Å². The Labute approximate surface area is 158 Å². The zero-order chi connectivity index (χ0) is 20.6. The maximum absolute atomic E-state index is 11.8. The molecule has 0 saturated carbocycles. The first-order valence-electron chi connectivity index (χ1n) is 8.02. The summed E-state index contributed by atoms with van der Waals surface area (Å²) >= 11 is 0.